The molecular weight excluding hydrogens is 374 g/mol. The van der Waals surface area contributed by atoms with Gasteiger partial charge in [-0.1, -0.05) is 6.07 Å². The van der Waals surface area contributed by atoms with E-state index >= 15 is 0 Å². The van der Waals surface area contributed by atoms with Crippen molar-refractivity contribution in [1.82, 2.24) is 25.6 Å². The summed E-state index contributed by atoms with van der Waals surface area (Å²) in [4.78, 5) is 40.0. The number of aromatic nitrogens is 3. The van der Waals surface area contributed by atoms with E-state index in [9.17, 15) is 14.4 Å². The van der Waals surface area contributed by atoms with Crippen molar-refractivity contribution in [2.45, 2.75) is 13.8 Å². The molecule has 9 nitrogen and oxygen atoms in total. The molecule has 3 rings (SSSR count). The van der Waals surface area contributed by atoms with Gasteiger partial charge in [0.15, 0.2) is 0 Å². The van der Waals surface area contributed by atoms with E-state index < -0.39 is 17.8 Å². The maximum Gasteiger partial charge on any atom is 0.341 e. The zero-order valence-corrected chi connectivity index (χ0v) is 15.9. The largest absolute Gasteiger partial charge is 0.462 e. The zero-order chi connectivity index (χ0) is 20.8. The van der Waals surface area contributed by atoms with Crippen LogP contribution in [0.3, 0.4) is 0 Å². The predicted octanol–water partition coefficient (Wildman–Crippen LogP) is 1.83. The molecule has 1 aromatic carbocycles. The monoisotopic (exact) mass is 393 g/mol. The Morgan fingerprint density at radius 1 is 1.03 bits per heavy atom. The Hall–Kier alpha value is -4.01. The van der Waals surface area contributed by atoms with Crippen molar-refractivity contribution in [3.63, 3.8) is 0 Å². The highest BCUT2D eigenvalue weighted by molar-refractivity contribution is 5.98. The molecule has 0 atom stereocenters. The third-order valence-electron chi connectivity index (χ3n) is 4.07. The fourth-order valence-electron chi connectivity index (χ4n) is 2.58. The van der Waals surface area contributed by atoms with Gasteiger partial charge in [0.1, 0.15) is 11.3 Å². The number of rotatable bonds is 5. The van der Waals surface area contributed by atoms with Crippen LogP contribution in [0.15, 0.2) is 54.9 Å². The number of ether oxygens (including phenoxy) is 1. The molecule has 0 saturated carbocycles. The normalized spacial score (nSPS) is 10.3. The molecule has 0 saturated heterocycles. The Morgan fingerprint density at radius 2 is 1.76 bits per heavy atom. The first-order valence-corrected chi connectivity index (χ1v) is 8.85. The number of nitrogens with zero attached hydrogens (tertiary/aromatic N) is 3. The third kappa shape index (κ3) is 4.46. The van der Waals surface area contributed by atoms with Gasteiger partial charge in [0.05, 0.1) is 24.2 Å². The van der Waals surface area contributed by atoms with E-state index in [1.165, 1.54) is 18.5 Å². The molecule has 2 amide bonds. The van der Waals surface area contributed by atoms with Crippen molar-refractivity contribution in [2.24, 2.45) is 0 Å². The molecule has 3 aromatic rings. The number of hydrazine groups is 1. The summed E-state index contributed by atoms with van der Waals surface area (Å²) in [6, 6.07) is 11.4. The maximum atomic E-state index is 12.2. The molecular formula is C20H19N5O4. The van der Waals surface area contributed by atoms with Crippen LogP contribution in [0.4, 0.5) is 0 Å². The first kappa shape index (κ1) is 19.7. The predicted molar refractivity (Wildman–Crippen MR) is 103 cm³/mol. The molecule has 0 aliphatic heterocycles. The highest BCUT2D eigenvalue weighted by atomic mass is 16.5. The Kier molecular flexibility index (Phi) is 5.98. The summed E-state index contributed by atoms with van der Waals surface area (Å²) in [6.45, 7) is 3.78. The molecule has 2 N–H and O–H groups in total. The number of benzene rings is 1. The quantitative estimate of drug-likeness (QED) is 0.505. The fraction of sp³-hybridized carbons (Fsp3) is 0.150. The van der Waals surface area contributed by atoms with E-state index in [1.807, 2.05) is 0 Å². The minimum Gasteiger partial charge on any atom is -0.462 e. The van der Waals surface area contributed by atoms with Crippen molar-refractivity contribution >= 4 is 17.8 Å². The first-order valence-electron chi connectivity index (χ1n) is 8.85. The Balaban J connectivity index is 1.66. The second-order valence-electron chi connectivity index (χ2n) is 5.95. The number of esters is 1. The van der Waals surface area contributed by atoms with Crippen LogP contribution < -0.4 is 10.9 Å². The number of hydrogen-bond acceptors (Lipinski definition) is 6. The minimum absolute atomic E-state index is 0.190. The summed E-state index contributed by atoms with van der Waals surface area (Å²) in [6.07, 6.45) is 2.93. The summed E-state index contributed by atoms with van der Waals surface area (Å²) in [5.41, 5.74) is 6.86. The van der Waals surface area contributed by atoms with Crippen LogP contribution in [0.1, 0.15) is 43.8 Å². The second-order valence-corrected chi connectivity index (χ2v) is 5.95. The van der Waals surface area contributed by atoms with E-state index in [4.69, 9.17) is 4.74 Å². The summed E-state index contributed by atoms with van der Waals surface area (Å²) >= 11 is 0. The number of hydrogen-bond donors (Lipinski definition) is 2. The average molecular weight is 393 g/mol. The Labute approximate surface area is 166 Å². The summed E-state index contributed by atoms with van der Waals surface area (Å²) in [5, 5.41) is 4.21. The molecule has 0 aliphatic carbocycles. The molecule has 0 bridgehead atoms. The smallest absolute Gasteiger partial charge is 0.341 e. The van der Waals surface area contributed by atoms with Gasteiger partial charge in [0.2, 0.25) is 0 Å². The second kappa shape index (κ2) is 8.79. The van der Waals surface area contributed by atoms with E-state index in [1.54, 1.807) is 54.9 Å². The molecule has 29 heavy (non-hydrogen) atoms. The van der Waals surface area contributed by atoms with Gasteiger partial charge in [0.25, 0.3) is 11.8 Å². The Morgan fingerprint density at radius 3 is 2.41 bits per heavy atom. The van der Waals surface area contributed by atoms with Gasteiger partial charge < -0.3 is 4.74 Å². The highest BCUT2D eigenvalue weighted by Gasteiger charge is 2.16. The summed E-state index contributed by atoms with van der Waals surface area (Å²) in [5.74, 6) is -1.43. The van der Waals surface area contributed by atoms with E-state index in [0.29, 0.717) is 22.5 Å². The lowest BCUT2D eigenvalue weighted by Gasteiger charge is -2.09. The molecule has 0 aliphatic rings. The maximum absolute atomic E-state index is 12.2. The van der Waals surface area contributed by atoms with Gasteiger partial charge in [-0.3, -0.25) is 25.4 Å². The van der Waals surface area contributed by atoms with Crippen molar-refractivity contribution in [1.29, 1.82) is 0 Å². The van der Waals surface area contributed by atoms with E-state index in [2.05, 4.69) is 20.9 Å². The molecule has 0 unspecified atom stereocenters. The molecule has 9 heteroatoms. The standard InChI is InChI=1S/C20H19N5O4/c1-3-29-20(28)16-12-22-25(13(16)2)15-9-7-14(8-10-15)18(26)23-24-19(27)17-6-4-5-11-21-17/h4-12H,3H2,1-2H3,(H,23,26)(H,24,27). The van der Waals surface area contributed by atoms with Gasteiger partial charge >= 0.3 is 5.97 Å². The summed E-state index contributed by atoms with van der Waals surface area (Å²) in [7, 11) is 0. The molecule has 0 fully saturated rings. The first-order chi connectivity index (χ1) is 14.0. The van der Waals surface area contributed by atoms with Crippen LogP contribution in [-0.2, 0) is 4.74 Å². The van der Waals surface area contributed by atoms with Crippen molar-refractivity contribution < 1.29 is 19.1 Å². The van der Waals surface area contributed by atoms with Crippen molar-refractivity contribution in [2.75, 3.05) is 6.61 Å². The van der Waals surface area contributed by atoms with Crippen LogP contribution >= 0.6 is 0 Å². The number of amides is 2. The lowest BCUT2D eigenvalue weighted by atomic mass is 10.2. The van der Waals surface area contributed by atoms with Gasteiger partial charge in [-0.05, 0) is 50.2 Å². The van der Waals surface area contributed by atoms with Crippen LogP contribution in [0, 0.1) is 6.92 Å². The summed E-state index contributed by atoms with van der Waals surface area (Å²) < 4.78 is 6.58. The van der Waals surface area contributed by atoms with Gasteiger partial charge in [-0.2, -0.15) is 5.10 Å². The van der Waals surface area contributed by atoms with Crippen LogP contribution in [-0.4, -0.2) is 39.2 Å². The zero-order valence-electron chi connectivity index (χ0n) is 15.9. The SMILES string of the molecule is CCOC(=O)c1cnn(-c2ccc(C(=O)NNC(=O)c3ccccn3)cc2)c1C. The number of pyridine rings is 1. The van der Waals surface area contributed by atoms with Gasteiger partial charge in [0, 0.05) is 11.8 Å². The van der Waals surface area contributed by atoms with Crippen LogP contribution in [0.25, 0.3) is 5.69 Å². The topological polar surface area (TPSA) is 115 Å². The van der Waals surface area contributed by atoms with Gasteiger partial charge in [-0.25, -0.2) is 9.48 Å². The van der Waals surface area contributed by atoms with Crippen LogP contribution in [0.2, 0.25) is 0 Å². The van der Waals surface area contributed by atoms with Crippen molar-refractivity contribution in [3.8, 4) is 5.69 Å². The van der Waals surface area contributed by atoms with Crippen LogP contribution in [0.5, 0.6) is 0 Å². The van der Waals surface area contributed by atoms with E-state index in [0.717, 1.165) is 0 Å². The molecule has 2 aromatic heterocycles. The third-order valence-corrected chi connectivity index (χ3v) is 4.07. The average Bonchev–Trinajstić information content (AvgIpc) is 3.14. The molecule has 0 spiro atoms. The Bertz CT molecular complexity index is 1030. The van der Waals surface area contributed by atoms with Crippen molar-refractivity contribution in [3.05, 3.63) is 77.4 Å². The lowest BCUT2D eigenvalue weighted by Crippen LogP contribution is -2.41. The lowest BCUT2D eigenvalue weighted by molar-refractivity contribution is 0.0525. The molecule has 2 heterocycles. The molecule has 0 radical (unpaired) electrons. The highest BCUT2D eigenvalue weighted by Crippen LogP contribution is 2.16. The number of carbonyl (C=O) groups excluding carboxylic acids is 3. The van der Waals surface area contributed by atoms with E-state index in [-0.39, 0.29) is 12.3 Å². The number of carbonyl (C=O) groups is 3. The fourth-order valence-corrected chi connectivity index (χ4v) is 2.58. The minimum atomic E-state index is -0.519. The number of nitrogens with one attached hydrogen (secondary N) is 2. The molecule has 148 valence electrons. The van der Waals surface area contributed by atoms with Gasteiger partial charge in [-0.15, -0.1) is 0 Å².